The van der Waals surface area contributed by atoms with Crippen molar-refractivity contribution in [2.45, 2.75) is 58.1 Å². The Balaban J connectivity index is 2.04. The number of thioether (sulfide) groups is 1. The van der Waals surface area contributed by atoms with Crippen LogP contribution in [0.2, 0.25) is 0 Å². The number of hydrogen-bond donors (Lipinski definition) is 0. The summed E-state index contributed by atoms with van der Waals surface area (Å²) in [6, 6.07) is 0. The number of ketones is 1. The van der Waals surface area contributed by atoms with Gasteiger partial charge in [0.2, 0.25) is 0 Å². The summed E-state index contributed by atoms with van der Waals surface area (Å²) in [6.45, 7) is 6.52. The van der Waals surface area contributed by atoms with Crippen molar-refractivity contribution in [3.8, 4) is 0 Å². The molecule has 1 aliphatic rings. The zero-order valence-corrected chi connectivity index (χ0v) is 12.9. The normalized spacial score (nSPS) is 20.4. The van der Waals surface area contributed by atoms with Gasteiger partial charge in [0.05, 0.1) is 0 Å². The Kier molecular flexibility index (Phi) is 5.08. The fourth-order valence-electron chi connectivity index (χ4n) is 2.76. The first-order valence-electron chi connectivity index (χ1n) is 7.27. The molecule has 0 unspecified atom stereocenters. The Bertz CT molecular complexity index is 441. The van der Waals surface area contributed by atoms with Crippen molar-refractivity contribution in [3.05, 3.63) is 17.3 Å². The van der Waals surface area contributed by atoms with Crippen LogP contribution >= 0.6 is 11.8 Å². The van der Waals surface area contributed by atoms with E-state index in [4.69, 9.17) is 4.42 Å². The van der Waals surface area contributed by atoms with Gasteiger partial charge in [0.1, 0.15) is 11.5 Å². The average molecular weight is 281 g/mol. The predicted octanol–water partition coefficient (Wildman–Crippen LogP) is 3.90. The van der Waals surface area contributed by atoms with E-state index < -0.39 is 0 Å². The maximum atomic E-state index is 12.1. The van der Waals surface area contributed by atoms with Crippen LogP contribution in [0.3, 0.4) is 0 Å². The molecule has 0 bridgehead atoms. The summed E-state index contributed by atoms with van der Waals surface area (Å²) < 4.78 is 5.75. The van der Waals surface area contributed by atoms with Crippen molar-refractivity contribution >= 4 is 17.5 Å². The smallest absolute Gasteiger partial charge is 0.195 e. The molecule has 0 fully saturated rings. The van der Waals surface area contributed by atoms with E-state index in [-0.39, 0.29) is 5.78 Å². The van der Waals surface area contributed by atoms with Gasteiger partial charge in [-0.15, -0.1) is 0 Å². The van der Waals surface area contributed by atoms with Crippen LogP contribution in [0.4, 0.5) is 0 Å². The van der Waals surface area contributed by atoms with Crippen LogP contribution in [0, 0.1) is 5.92 Å². The third kappa shape index (κ3) is 3.62. The minimum absolute atomic E-state index is 0.172. The van der Waals surface area contributed by atoms with E-state index in [0.717, 1.165) is 43.1 Å². The maximum absolute atomic E-state index is 12.1. The SMILES string of the molecule is CCCc1nc2c(o1)C[C@H](C[C@H](C)SCC)CC2=O. The molecule has 0 amide bonds. The molecule has 2 rings (SSSR count). The van der Waals surface area contributed by atoms with Crippen LogP contribution in [-0.4, -0.2) is 21.8 Å². The van der Waals surface area contributed by atoms with Crippen LogP contribution in [0.5, 0.6) is 0 Å². The van der Waals surface area contributed by atoms with Gasteiger partial charge < -0.3 is 4.42 Å². The number of aromatic nitrogens is 1. The van der Waals surface area contributed by atoms with Gasteiger partial charge in [-0.1, -0.05) is 20.8 Å². The third-order valence-electron chi connectivity index (χ3n) is 3.53. The molecule has 0 spiro atoms. The molecule has 1 aliphatic carbocycles. The summed E-state index contributed by atoms with van der Waals surface area (Å²) in [5, 5.41) is 0.613. The van der Waals surface area contributed by atoms with Crippen LogP contribution in [-0.2, 0) is 12.8 Å². The van der Waals surface area contributed by atoms with Crippen molar-refractivity contribution in [1.29, 1.82) is 0 Å². The number of Topliss-reactive ketones (excluding diaryl/α,β-unsaturated/α-hetero) is 1. The molecule has 19 heavy (non-hydrogen) atoms. The molecule has 1 aromatic rings. The molecule has 0 aromatic carbocycles. The number of rotatable bonds is 6. The van der Waals surface area contributed by atoms with Crippen LogP contribution in [0.1, 0.15) is 62.2 Å². The van der Waals surface area contributed by atoms with Gasteiger partial charge in [-0.2, -0.15) is 11.8 Å². The van der Waals surface area contributed by atoms with Gasteiger partial charge in [0.25, 0.3) is 0 Å². The summed E-state index contributed by atoms with van der Waals surface area (Å²) >= 11 is 1.96. The number of nitrogens with zero attached hydrogens (tertiary/aromatic N) is 1. The molecule has 2 atom stereocenters. The predicted molar refractivity (Wildman–Crippen MR) is 78.9 cm³/mol. The Morgan fingerprint density at radius 2 is 2.21 bits per heavy atom. The van der Waals surface area contributed by atoms with E-state index in [0.29, 0.717) is 23.3 Å². The molecule has 4 heteroatoms. The topological polar surface area (TPSA) is 43.1 Å². The molecular weight excluding hydrogens is 258 g/mol. The molecule has 1 heterocycles. The highest BCUT2D eigenvalue weighted by Gasteiger charge is 2.30. The molecule has 3 nitrogen and oxygen atoms in total. The van der Waals surface area contributed by atoms with Crippen LogP contribution in [0.15, 0.2) is 4.42 Å². The molecule has 0 saturated carbocycles. The Morgan fingerprint density at radius 1 is 1.42 bits per heavy atom. The minimum Gasteiger partial charge on any atom is -0.445 e. The lowest BCUT2D eigenvalue weighted by atomic mass is 9.86. The van der Waals surface area contributed by atoms with Gasteiger partial charge >= 0.3 is 0 Å². The van der Waals surface area contributed by atoms with E-state index >= 15 is 0 Å². The second kappa shape index (κ2) is 6.60. The minimum atomic E-state index is 0.172. The Hall–Kier alpha value is -0.770. The molecule has 106 valence electrons. The molecule has 0 aliphatic heterocycles. The van der Waals surface area contributed by atoms with E-state index in [2.05, 4.69) is 25.8 Å². The monoisotopic (exact) mass is 281 g/mol. The van der Waals surface area contributed by atoms with E-state index in [1.165, 1.54) is 0 Å². The summed E-state index contributed by atoms with van der Waals surface area (Å²) in [6.07, 6.45) is 4.44. The van der Waals surface area contributed by atoms with Gasteiger partial charge in [0, 0.05) is 24.5 Å². The highest BCUT2D eigenvalue weighted by Crippen LogP contribution is 2.31. The first-order chi connectivity index (χ1) is 9.13. The number of fused-ring (bicyclic) bond motifs is 1. The van der Waals surface area contributed by atoms with Gasteiger partial charge in [-0.05, 0) is 24.5 Å². The van der Waals surface area contributed by atoms with Crippen molar-refractivity contribution in [1.82, 2.24) is 4.98 Å². The van der Waals surface area contributed by atoms with Gasteiger partial charge in [-0.25, -0.2) is 4.98 Å². The fraction of sp³-hybridized carbons (Fsp3) is 0.733. The second-order valence-corrected chi connectivity index (χ2v) is 7.04. The zero-order valence-electron chi connectivity index (χ0n) is 12.1. The van der Waals surface area contributed by atoms with Crippen molar-refractivity contribution in [3.63, 3.8) is 0 Å². The number of carbonyl (C=O) groups excluding carboxylic acids is 1. The lowest BCUT2D eigenvalue weighted by Gasteiger charge is -2.22. The third-order valence-corrected chi connectivity index (χ3v) is 4.63. The first kappa shape index (κ1) is 14.6. The molecule has 0 N–H and O–H groups in total. The van der Waals surface area contributed by atoms with Crippen molar-refractivity contribution in [2.24, 2.45) is 5.92 Å². The largest absolute Gasteiger partial charge is 0.445 e. The number of carbonyl (C=O) groups is 1. The number of aryl methyl sites for hydroxylation is 1. The van der Waals surface area contributed by atoms with Gasteiger partial charge in [-0.3, -0.25) is 4.79 Å². The lowest BCUT2D eigenvalue weighted by Crippen LogP contribution is -2.22. The molecular formula is C15H23NO2S. The standard InChI is InChI=1S/C15H23NO2S/c1-4-6-14-16-15-12(17)8-11(9-13(15)18-14)7-10(3)19-5-2/h10-11H,4-9H2,1-3H3/t10-,11+/m0/s1. The Labute approximate surface area is 119 Å². The van der Waals surface area contributed by atoms with Crippen molar-refractivity contribution < 1.29 is 9.21 Å². The van der Waals surface area contributed by atoms with Crippen LogP contribution in [0.25, 0.3) is 0 Å². The summed E-state index contributed by atoms with van der Waals surface area (Å²) in [5.74, 6) is 3.30. The lowest BCUT2D eigenvalue weighted by molar-refractivity contribution is 0.0937. The molecule has 1 aromatic heterocycles. The summed E-state index contributed by atoms with van der Waals surface area (Å²) in [4.78, 5) is 16.5. The van der Waals surface area contributed by atoms with E-state index in [9.17, 15) is 4.79 Å². The Morgan fingerprint density at radius 3 is 2.89 bits per heavy atom. The molecule has 0 saturated heterocycles. The highest BCUT2D eigenvalue weighted by molar-refractivity contribution is 7.99. The summed E-state index contributed by atoms with van der Waals surface area (Å²) in [5.41, 5.74) is 0.607. The highest BCUT2D eigenvalue weighted by atomic mass is 32.2. The average Bonchev–Trinajstić information content (AvgIpc) is 2.73. The van der Waals surface area contributed by atoms with E-state index in [1.807, 2.05) is 11.8 Å². The van der Waals surface area contributed by atoms with E-state index in [1.54, 1.807) is 0 Å². The second-order valence-electron chi connectivity index (χ2n) is 5.33. The summed E-state index contributed by atoms with van der Waals surface area (Å²) in [7, 11) is 0. The zero-order chi connectivity index (χ0) is 13.8. The maximum Gasteiger partial charge on any atom is 0.195 e. The number of oxazole rings is 1. The molecule has 0 radical (unpaired) electrons. The fourth-order valence-corrected chi connectivity index (χ4v) is 3.74. The van der Waals surface area contributed by atoms with Crippen molar-refractivity contribution in [2.75, 3.05) is 5.75 Å². The van der Waals surface area contributed by atoms with Gasteiger partial charge in [0.15, 0.2) is 11.7 Å². The van der Waals surface area contributed by atoms with Crippen LogP contribution < -0.4 is 0 Å². The quantitative estimate of drug-likeness (QED) is 0.793. The first-order valence-corrected chi connectivity index (χ1v) is 8.32. The number of hydrogen-bond acceptors (Lipinski definition) is 4.